The van der Waals surface area contributed by atoms with Gasteiger partial charge in [0.05, 0.1) is 0 Å². The molecule has 0 N–H and O–H groups in total. The van der Waals surface area contributed by atoms with Gasteiger partial charge in [-0.1, -0.05) is 0 Å². The van der Waals surface area contributed by atoms with Gasteiger partial charge in [0.1, 0.15) is 6.10 Å². The van der Waals surface area contributed by atoms with Crippen LogP contribution < -0.4 is 0 Å². The van der Waals surface area contributed by atoms with Gasteiger partial charge in [-0.25, -0.2) is 0 Å². The van der Waals surface area contributed by atoms with E-state index in [0.717, 1.165) is 6.42 Å². The van der Waals surface area contributed by atoms with Gasteiger partial charge in [0.25, 0.3) is 0 Å². The minimum Gasteiger partial charge on any atom is -0.370 e. The summed E-state index contributed by atoms with van der Waals surface area (Å²) in [5.74, 6) is 1.63. The second kappa shape index (κ2) is 3.79. The number of carbonyl (C=O) groups is 1. The lowest BCUT2D eigenvalue weighted by Gasteiger charge is -2.14. The van der Waals surface area contributed by atoms with Crippen molar-refractivity contribution >= 4 is 5.78 Å². The van der Waals surface area contributed by atoms with E-state index in [2.05, 4.69) is 0 Å². The van der Waals surface area contributed by atoms with Crippen LogP contribution in [-0.2, 0) is 9.53 Å². The molecule has 13 heavy (non-hydrogen) atoms. The highest BCUT2D eigenvalue weighted by Gasteiger charge is 2.38. The first-order valence-electron chi connectivity index (χ1n) is 5.45. The molecule has 1 atom stereocenters. The number of ketones is 1. The Morgan fingerprint density at radius 1 is 1.38 bits per heavy atom. The molecule has 0 amide bonds. The topological polar surface area (TPSA) is 26.3 Å². The predicted molar refractivity (Wildman–Crippen MR) is 50.5 cm³/mol. The van der Waals surface area contributed by atoms with Gasteiger partial charge in [-0.2, -0.15) is 0 Å². The first-order chi connectivity index (χ1) is 6.31. The van der Waals surface area contributed by atoms with Crippen molar-refractivity contribution in [3.05, 3.63) is 0 Å². The summed E-state index contributed by atoms with van der Waals surface area (Å²) in [5.41, 5.74) is 0. The van der Waals surface area contributed by atoms with Crippen molar-refractivity contribution in [1.82, 2.24) is 0 Å². The van der Waals surface area contributed by atoms with Gasteiger partial charge in [-0.3, -0.25) is 4.79 Å². The molecule has 0 aromatic rings. The van der Waals surface area contributed by atoms with E-state index in [1.165, 1.54) is 25.7 Å². The van der Waals surface area contributed by atoms with Crippen molar-refractivity contribution in [3.8, 4) is 0 Å². The Labute approximate surface area is 79.7 Å². The molecule has 0 heterocycles. The van der Waals surface area contributed by atoms with Crippen molar-refractivity contribution < 1.29 is 9.53 Å². The quantitative estimate of drug-likeness (QED) is 0.629. The highest BCUT2D eigenvalue weighted by Crippen LogP contribution is 2.38. The highest BCUT2D eigenvalue weighted by atomic mass is 16.5. The van der Waals surface area contributed by atoms with Crippen LogP contribution in [0.5, 0.6) is 0 Å². The number of hydrogen-bond donors (Lipinski definition) is 0. The molecule has 2 heteroatoms. The molecular weight excluding hydrogens is 164 g/mol. The summed E-state index contributed by atoms with van der Waals surface area (Å²) in [5, 5.41) is 0. The van der Waals surface area contributed by atoms with Crippen LogP contribution in [0.3, 0.4) is 0 Å². The lowest BCUT2D eigenvalue weighted by molar-refractivity contribution is -0.132. The number of rotatable bonds is 6. The zero-order chi connectivity index (χ0) is 9.26. The fraction of sp³-hybridized carbons (Fsp3) is 0.909. The van der Waals surface area contributed by atoms with Gasteiger partial charge in [0.15, 0.2) is 5.78 Å². The van der Waals surface area contributed by atoms with E-state index in [1.807, 2.05) is 6.92 Å². The third-order valence-electron chi connectivity index (χ3n) is 2.90. The molecule has 2 nitrogen and oxygen atoms in total. The van der Waals surface area contributed by atoms with Crippen LogP contribution in [0.25, 0.3) is 0 Å². The molecule has 2 rings (SSSR count). The van der Waals surface area contributed by atoms with Gasteiger partial charge in [0, 0.05) is 13.0 Å². The lowest BCUT2D eigenvalue weighted by atomic mass is 10.1. The molecule has 1 unspecified atom stereocenters. The van der Waals surface area contributed by atoms with E-state index in [4.69, 9.17) is 4.74 Å². The van der Waals surface area contributed by atoms with Gasteiger partial charge >= 0.3 is 0 Å². The Balaban J connectivity index is 1.81. The molecule has 2 aliphatic rings. The zero-order valence-electron chi connectivity index (χ0n) is 8.29. The molecule has 74 valence electrons. The summed E-state index contributed by atoms with van der Waals surface area (Å²) >= 11 is 0. The van der Waals surface area contributed by atoms with Gasteiger partial charge in [0.2, 0.25) is 0 Å². The van der Waals surface area contributed by atoms with E-state index in [1.54, 1.807) is 0 Å². The molecule has 0 saturated heterocycles. The maximum Gasteiger partial charge on any atom is 0.162 e. The zero-order valence-corrected chi connectivity index (χ0v) is 8.29. The Bertz CT molecular complexity index is 192. The molecule has 0 aliphatic heterocycles. The van der Waals surface area contributed by atoms with Crippen molar-refractivity contribution in [2.75, 3.05) is 6.61 Å². The number of carbonyl (C=O) groups excluding carboxylic acids is 1. The third kappa shape index (κ3) is 2.53. The second-order valence-corrected chi connectivity index (χ2v) is 4.33. The first-order valence-corrected chi connectivity index (χ1v) is 5.45. The van der Waals surface area contributed by atoms with Crippen molar-refractivity contribution in [2.45, 2.75) is 45.1 Å². The molecule has 0 aromatic carbocycles. The maximum absolute atomic E-state index is 11.7. The molecule has 0 radical (unpaired) electrons. The minimum atomic E-state index is -0.0504. The van der Waals surface area contributed by atoms with Crippen LogP contribution in [0.2, 0.25) is 0 Å². The predicted octanol–water partition coefficient (Wildman–Crippen LogP) is 2.17. The maximum atomic E-state index is 11.7. The molecule has 0 aromatic heterocycles. The first kappa shape index (κ1) is 9.20. The summed E-state index contributed by atoms with van der Waals surface area (Å²) in [7, 11) is 0. The number of Topliss-reactive ketones (excluding diaryl/α,β-unsaturated/α-hetero) is 1. The number of hydrogen-bond acceptors (Lipinski definition) is 2. The van der Waals surface area contributed by atoms with E-state index >= 15 is 0 Å². The van der Waals surface area contributed by atoms with Crippen LogP contribution in [0.1, 0.15) is 39.0 Å². The second-order valence-electron chi connectivity index (χ2n) is 4.33. The van der Waals surface area contributed by atoms with Crippen LogP contribution in [-0.4, -0.2) is 18.5 Å². The van der Waals surface area contributed by atoms with E-state index in [0.29, 0.717) is 24.2 Å². The van der Waals surface area contributed by atoms with Gasteiger partial charge < -0.3 is 4.74 Å². The van der Waals surface area contributed by atoms with E-state index in [-0.39, 0.29) is 6.10 Å². The molecule has 2 aliphatic carbocycles. The Kier molecular flexibility index (Phi) is 2.68. The highest BCUT2D eigenvalue weighted by molar-refractivity contribution is 5.84. The van der Waals surface area contributed by atoms with Crippen LogP contribution in [0, 0.1) is 11.8 Å². The lowest BCUT2D eigenvalue weighted by Crippen LogP contribution is -2.26. The molecule has 0 bridgehead atoms. The van der Waals surface area contributed by atoms with Crippen LogP contribution in [0.15, 0.2) is 0 Å². The van der Waals surface area contributed by atoms with Crippen molar-refractivity contribution in [2.24, 2.45) is 11.8 Å². The average molecular weight is 182 g/mol. The number of ether oxygens (including phenoxy) is 1. The van der Waals surface area contributed by atoms with Crippen molar-refractivity contribution in [3.63, 3.8) is 0 Å². The normalized spacial score (nSPS) is 24.4. The van der Waals surface area contributed by atoms with Crippen LogP contribution >= 0.6 is 0 Å². The van der Waals surface area contributed by atoms with Crippen molar-refractivity contribution in [1.29, 1.82) is 0 Å². The smallest absolute Gasteiger partial charge is 0.162 e. The largest absolute Gasteiger partial charge is 0.370 e. The third-order valence-corrected chi connectivity index (χ3v) is 2.90. The fourth-order valence-electron chi connectivity index (χ4n) is 1.79. The average Bonchev–Trinajstić information content (AvgIpc) is 2.92. The molecule has 0 spiro atoms. The Morgan fingerprint density at radius 3 is 2.54 bits per heavy atom. The standard InChI is InChI=1S/C11H18O2/c1-2-13-11(9-5-6-9)10(12)7-8-3-4-8/h8-9,11H,2-7H2,1H3. The SMILES string of the molecule is CCOC(C(=O)CC1CC1)C1CC1. The Hall–Kier alpha value is -0.370. The summed E-state index contributed by atoms with van der Waals surface area (Å²) < 4.78 is 5.51. The molecular formula is C11H18O2. The van der Waals surface area contributed by atoms with E-state index in [9.17, 15) is 4.79 Å². The summed E-state index contributed by atoms with van der Waals surface area (Å²) in [6.45, 7) is 2.65. The Morgan fingerprint density at radius 2 is 2.08 bits per heavy atom. The van der Waals surface area contributed by atoms with Gasteiger partial charge in [-0.15, -0.1) is 0 Å². The summed E-state index contributed by atoms with van der Waals surface area (Å²) in [6.07, 6.45) is 5.64. The monoisotopic (exact) mass is 182 g/mol. The summed E-state index contributed by atoms with van der Waals surface area (Å²) in [4.78, 5) is 11.7. The summed E-state index contributed by atoms with van der Waals surface area (Å²) in [6, 6.07) is 0. The minimum absolute atomic E-state index is 0.0504. The fourth-order valence-corrected chi connectivity index (χ4v) is 1.79. The van der Waals surface area contributed by atoms with E-state index < -0.39 is 0 Å². The van der Waals surface area contributed by atoms with Gasteiger partial charge in [-0.05, 0) is 44.4 Å². The molecule has 2 saturated carbocycles. The van der Waals surface area contributed by atoms with Crippen LogP contribution in [0.4, 0.5) is 0 Å². The molecule has 2 fully saturated rings.